The van der Waals surface area contributed by atoms with Crippen LogP contribution in [0.2, 0.25) is 0 Å². The molecule has 4 heteroatoms. The summed E-state index contributed by atoms with van der Waals surface area (Å²) in [7, 11) is 0. The van der Waals surface area contributed by atoms with Crippen molar-refractivity contribution in [3.8, 4) is 0 Å². The van der Waals surface area contributed by atoms with Gasteiger partial charge in [0.05, 0.1) is 0 Å². The fourth-order valence-corrected chi connectivity index (χ4v) is 1.61. The van der Waals surface area contributed by atoms with Gasteiger partial charge in [-0.2, -0.15) is 0 Å². The molecule has 0 aromatic carbocycles. The van der Waals surface area contributed by atoms with E-state index >= 15 is 0 Å². The number of carbonyl (C=O) groups excluding carboxylic acids is 1. The fourth-order valence-electron chi connectivity index (χ4n) is 1.61. The van der Waals surface area contributed by atoms with E-state index < -0.39 is 0 Å². The van der Waals surface area contributed by atoms with Crippen molar-refractivity contribution >= 4 is 5.91 Å². The SMILES string of the molecule is O=C1CC(CO)CN1CCCCO. The molecule has 1 heterocycles. The summed E-state index contributed by atoms with van der Waals surface area (Å²) in [6, 6.07) is 0. The Morgan fingerprint density at radius 1 is 1.38 bits per heavy atom. The Kier molecular flexibility index (Phi) is 4.18. The first-order valence-corrected chi connectivity index (χ1v) is 4.77. The summed E-state index contributed by atoms with van der Waals surface area (Å²) in [5.74, 6) is 0.263. The van der Waals surface area contributed by atoms with Crippen LogP contribution in [-0.2, 0) is 4.79 Å². The van der Waals surface area contributed by atoms with Crippen LogP contribution in [0.15, 0.2) is 0 Å². The van der Waals surface area contributed by atoms with E-state index in [2.05, 4.69) is 0 Å². The monoisotopic (exact) mass is 187 g/mol. The first kappa shape index (κ1) is 10.5. The van der Waals surface area contributed by atoms with Gasteiger partial charge in [0.2, 0.25) is 5.91 Å². The van der Waals surface area contributed by atoms with Crippen molar-refractivity contribution in [1.82, 2.24) is 4.90 Å². The lowest BCUT2D eigenvalue weighted by atomic mass is 10.1. The molecular formula is C9H17NO3. The lowest BCUT2D eigenvalue weighted by Gasteiger charge is -2.15. The predicted octanol–water partition coefficient (Wildman–Crippen LogP) is -0.400. The van der Waals surface area contributed by atoms with Crippen molar-refractivity contribution in [2.75, 3.05) is 26.3 Å². The van der Waals surface area contributed by atoms with Crippen LogP contribution in [0.25, 0.3) is 0 Å². The fraction of sp³-hybridized carbons (Fsp3) is 0.889. The Labute approximate surface area is 78.2 Å². The number of hydrogen-bond acceptors (Lipinski definition) is 3. The molecular weight excluding hydrogens is 170 g/mol. The maximum Gasteiger partial charge on any atom is 0.223 e. The number of unbranched alkanes of at least 4 members (excludes halogenated alkanes) is 1. The average Bonchev–Trinajstić information content (AvgIpc) is 2.48. The Morgan fingerprint density at radius 2 is 2.15 bits per heavy atom. The predicted molar refractivity (Wildman–Crippen MR) is 48.1 cm³/mol. The summed E-state index contributed by atoms with van der Waals surface area (Å²) in [6.45, 7) is 1.68. The molecule has 1 aliphatic rings. The van der Waals surface area contributed by atoms with E-state index in [1.54, 1.807) is 4.90 Å². The van der Waals surface area contributed by atoms with Gasteiger partial charge in [0.1, 0.15) is 0 Å². The summed E-state index contributed by atoms with van der Waals surface area (Å²) in [4.78, 5) is 13.1. The van der Waals surface area contributed by atoms with Crippen LogP contribution in [-0.4, -0.2) is 47.3 Å². The van der Waals surface area contributed by atoms with Gasteiger partial charge < -0.3 is 15.1 Å². The largest absolute Gasteiger partial charge is 0.396 e. The van der Waals surface area contributed by atoms with E-state index in [-0.39, 0.29) is 25.0 Å². The molecule has 0 radical (unpaired) electrons. The smallest absolute Gasteiger partial charge is 0.223 e. The number of rotatable bonds is 5. The summed E-state index contributed by atoms with van der Waals surface area (Å²) in [6.07, 6.45) is 2.07. The van der Waals surface area contributed by atoms with Crippen molar-refractivity contribution in [3.63, 3.8) is 0 Å². The lowest BCUT2D eigenvalue weighted by Crippen LogP contribution is -2.26. The number of aliphatic hydroxyl groups excluding tert-OH is 2. The summed E-state index contributed by atoms with van der Waals surface area (Å²) < 4.78 is 0. The highest BCUT2D eigenvalue weighted by Gasteiger charge is 2.28. The van der Waals surface area contributed by atoms with Crippen LogP contribution in [0.5, 0.6) is 0 Å². The summed E-state index contributed by atoms with van der Waals surface area (Å²) >= 11 is 0. The van der Waals surface area contributed by atoms with Crippen molar-refractivity contribution in [3.05, 3.63) is 0 Å². The Hall–Kier alpha value is -0.610. The quantitative estimate of drug-likeness (QED) is 0.576. The van der Waals surface area contributed by atoms with E-state index in [1.165, 1.54) is 0 Å². The molecule has 1 aliphatic heterocycles. The van der Waals surface area contributed by atoms with Gasteiger partial charge >= 0.3 is 0 Å². The van der Waals surface area contributed by atoms with E-state index in [0.717, 1.165) is 19.4 Å². The van der Waals surface area contributed by atoms with E-state index in [9.17, 15) is 4.79 Å². The Bertz CT molecular complexity index is 172. The molecule has 0 aliphatic carbocycles. The van der Waals surface area contributed by atoms with Crippen molar-refractivity contribution < 1.29 is 15.0 Å². The molecule has 76 valence electrons. The zero-order valence-corrected chi connectivity index (χ0v) is 7.78. The van der Waals surface area contributed by atoms with Gasteiger partial charge in [-0.15, -0.1) is 0 Å². The van der Waals surface area contributed by atoms with Crippen LogP contribution in [0.4, 0.5) is 0 Å². The van der Waals surface area contributed by atoms with Gasteiger partial charge in [0, 0.05) is 38.6 Å². The number of nitrogens with zero attached hydrogens (tertiary/aromatic N) is 1. The number of amides is 1. The molecule has 1 fully saturated rings. The molecule has 4 nitrogen and oxygen atoms in total. The minimum absolute atomic E-state index is 0.0994. The van der Waals surface area contributed by atoms with Crippen LogP contribution >= 0.6 is 0 Å². The summed E-state index contributed by atoms with van der Waals surface area (Å²) in [5.41, 5.74) is 0. The number of hydrogen-bond donors (Lipinski definition) is 2. The minimum Gasteiger partial charge on any atom is -0.396 e. The average molecular weight is 187 g/mol. The Balaban J connectivity index is 2.23. The second kappa shape index (κ2) is 5.19. The highest BCUT2D eigenvalue weighted by molar-refractivity contribution is 5.78. The topological polar surface area (TPSA) is 60.8 Å². The van der Waals surface area contributed by atoms with Crippen molar-refractivity contribution in [1.29, 1.82) is 0 Å². The molecule has 1 amide bonds. The van der Waals surface area contributed by atoms with Gasteiger partial charge in [-0.3, -0.25) is 4.79 Å². The molecule has 0 bridgehead atoms. The lowest BCUT2D eigenvalue weighted by molar-refractivity contribution is -0.127. The zero-order valence-electron chi connectivity index (χ0n) is 7.78. The van der Waals surface area contributed by atoms with Gasteiger partial charge in [-0.25, -0.2) is 0 Å². The van der Waals surface area contributed by atoms with Gasteiger partial charge in [0.15, 0.2) is 0 Å². The number of carbonyl (C=O) groups is 1. The van der Waals surface area contributed by atoms with E-state index in [0.29, 0.717) is 13.0 Å². The molecule has 1 rings (SSSR count). The molecule has 1 unspecified atom stereocenters. The minimum atomic E-state index is 0.0994. The Morgan fingerprint density at radius 3 is 2.69 bits per heavy atom. The molecule has 1 atom stereocenters. The number of aliphatic hydroxyl groups is 2. The van der Waals surface area contributed by atoms with Gasteiger partial charge in [-0.05, 0) is 12.8 Å². The maximum absolute atomic E-state index is 11.3. The van der Waals surface area contributed by atoms with Crippen LogP contribution in [0.3, 0.4) is 0 Å². The van der Waals surface area contributed by atoms with Crippen molar-refractivity contribution in [2.45, 2.75) is 19.3 Å². The highest BCUT2D eigenvalue weighted by atomic mass is 16.3. The van der Waals surface area contributed by atoms with Crippen LogP contribution < -0.4 is 0 Å². The van der Waals surface area contributed by atoms with Gasteiger partial charge in [0.25, 0.3) is 0 Å². The molecule has 0 saturated carbocycles. The van der Waals surface area contributed by atoms with E-state index in [1.807, 2.05) is 0 Å². The van der Waals surface area contributed by atoms with Gasteiger partial charge in [-0.1, -0.05) is 0 Å². The molecule has 1 saturated heterocycles. The molecule has 0 spiro atoms. The first-order valence-electron chi connectivity index (χ1n) is 4.77. The maximum atomic E-state index is 11.3. The molecule has 0 aromatic heterocycles. The third-order valence-electron chi connectivity index (χ3n) is 2.39. The normalized spacial score (nSPS) is 22.8. The molecule has 2 N–H and O–H groups in total. The standard InChI is InChI=1S/C9H17NO3/c11-4-2-1-3-10-6-8(7-12)5-9(10)13/h8,11-12H,1-7H2. The first-order chi connectivity index (χ1) is 6.27. The highest BCUT2D eigenvalue weighted by Crippen LogP contribution is 2.17. The molecule has 0 aromatic rings. The van der Waals surface area contributed by atoms with Crippen molar-refractivity contribution in [2.24, 2.45) is 5.92 Å². The third kappa shape index (κ3) is 2.97. The second-order valence-electron chi connectivity index (χ2n) is 3.52. The molecule has 13 heavy (non-hydrogen) atoms. The van der Waals surface area contributed by atoms with E-state index in [4.69, 9.17) is 10.2 Å². The van der Waals surface area contributed by atoms with Crippen LogP contribution in [0.1, 0.15) is 19.3 Å². The second-order valence-corrected chi connectivity index (χ2v) is 3.52. The number of likely N-dealkylation sites (tertiary alicyclic amines) is 1. The third-order valence-corrected chi connectivity index (χ3v) is 2.39. The zero-order chi connectivity index (χ0) is 9.68. The van der Waals surface area contributed by atoms with Crippen LogP contribution in [0, 0.1) is 5.92 Å². The summed E-state index contributed by atoms with van der Waals surface area (Å²) in [5, 5.41) is 17.4.